The molecule has 2 heterocycles. The number of anilines is 2. The van der Waals surface area contributed by atoms with E-state index in [0.29, 0.717) is 18.4 Å². The molecule has 0 atom stereocenters. The third-order valence-electron chi connectivity index (χ3n) is 4.83. The summed E-state index contributed by atoms with van der Waals surface area (Å²) in [5.74, 6) is 2.05. The van der Waals surface area contributed by atoms with Crippen LogP contribution in [0.3, 0.4) is 0 Å². The molecule has 0 unspecified atom stereocenters. The van der Waals surface area contributed by atoms with Crippen LogP contribution < -0.4 is 21.7 Å². The molecule has 1 fully saturated rings. The normalized spacial score (nSPS) is 19.3. The van der Waals surface area contributed by atoms with Gasteiger partial charge in [0.15, 0.2) is 0 Å². The molecule has 0 amide bonds. The van der Waals surface area contributed by atoms with Gasteiger partial charge in [-0.15, -0.1) is 0 Å². The molecule has 5 N–H and O–H groups in total. The second-order valence-electron chi connectivity index (χ2n) is 8.79. The predicted octanol–water partition coefficient (Wildman–Crippen LogP) is 2.77. The fourth-order valence-electron chi connectivity index (χ4n) is 4.26. The number of unbranched alkanes of at least 4 members (excludes halogenated alkanes) is 1. The minimum atomic E-state index is 0.239. The smallest absolute Gasteiger partial charge is 0.227 e. The summed E-state index contributed by atoms with van der Waals surface area (Å²) < 4.78 is 0. The fraction of sp³-hybridized carbons (Fsp3) is 0.842. The van der Waals surface area contributed by atoms with Crippen molar-refractivity contribution in [1.82, 2.24) is 20.3 Å². The molecule has 1 saturated heterocycles. The Morgan fingerprint density at radius 3 is 2.15 bits per heavy atom. The summed E-state index contributed by atoms with van der Waals surface area (Å²) >= 11 is 0. The fourth-order valence-corrected chi connectivity index (χ4v) is 4.26. The summed E-state index contributed by atoms with van der Waals surface area (Å²) in [7, 11) is 0. The number of piperidine rings is 1. The molecule has 0 bridgehead atoms. The van der Waals surface area contributed by atoms with E-state index in [4.69, 9.17) is 5.73 Å². The van der Waals surface area contributed by atoms with Gasteiger partial charge in [-0.1, -0.05) is 12.8 Å². The van der Waals surface area contributed by atoms with E-state index >= 15 is 0 Å². The van der Waals surface area contributed by atoms with Crippen LogP contribution in [0.5, 0.6) is 0 Å². The monoisotopic (exact) mass is 363 g/mol. The first-order chi connectivity index (χ1) is 12.3. The number of hydrogen-bond acceptors (Lipinski definition) is 7. The van der Waals surface area contributed by atoms with Crippen molar-refractivity contribution in [1.29, 1.82) is 0 Å². The van der Waals surface area contributed by atoms with E-state index in [2.05, 4.69) is 58.6 Å². The maximum absolute atomic E-state index is 5.49. The van der Waals surface area contributed by atoms with E-state index in [1.807, 2.05) is 0 Å². The first-order valence-electron chi connectivity index (χ1n) is 9.96. The molecule has 1 aliphatic rings. The molecule has 26 heavy (non-hydrogen) atoms. The van der Waals surface area contributed by atoms with Gasteiger partial charge in [-0.25, -0.2) is 9.97 Å². The molecular weight excluding hydrogens is 326 g/mol. The zero-order valence-corrected chi connectivity index (χ0v) is 16.9. The van der Waals surface area contributed by atoms with Crippen LogP contribution in [0.2, 0.25) is 0 Å². The van der Waals surface area contributed by atoms with Crippen LogP contribution in [-0.4, -0.2) is 45.7 Å². The van der Waals surface area contributed by atoms with Gasteiger partial charge in [0, 0.05) is 24.2 Å². The number of nitrogens with zero attached hydrogens (tertiary/aromatic N) is 3. The Bertz CT molecular complexity index is 528. The molecule has 0 aromatic carbocycles. The predicted molar refractivity (Wildman–Crippen MR) is 108 cm³/mol. The first kappa shape index (κ1) is 20.8. The summed E-state index contributed by atoms with van der Waals surface area (Å²) in [5, 5.41) is 10.2. The van der Waals surface area contributed by atoms with Crippen molar-refractivity contribution in [2.45, 2.75) is 77.3 Å². The van der Waals surface area contributed by atoms with Crippen molar-refractivity contribution < 1.29 is 0 Å². The number of hydrogen-bond donors (Lipinski definition) is 4. The van der Waals surface area contributed by atoms with Gasteiger partial charge >= 0.3 is 0 Å². The quantitative estimate of drug-likeness (QED) is 0.474. The number of rotatable bonds is 10. The van der Waals surface area contributed by atoms with Crippen LogP contribution in [0.1, 0.15) is 66.2 Å². The zero-order valence-electron chi connectivity index (χ0n) is 16.9. The maximum atomic E-state index is 5.49. The molecule has 1 aromatic rings. The van der Waals surface area contributed by atoms with Crippen molar-refractivity contribution in [2.75, 3.05) is 30.3 Å². The third-order valence-corrected chi connectivity index (χ3v) is 4.83. The van der Waals surface area contributed by atoms with E-state index in [0.717, 1.165) is 31.8 Å². The largest absolute Gasteiger partial charge is 0.354 e. The molecule has 0 aliphatic carbocycles. The highest BCUT2D eigenvalue weighted by Crippen LogP contribution is 2.35. The van der Waals surface area contributed by atoms with E-state index in [9.17, 15) is 0 Å². The molecule has 7 heteroatoms. The van der Waals surface area contributed by atoms with Crippen LogP contribution in [0, 0.1) is 5.92 Å². The van der Waals surface area contributed by atoms with Crippen molar-refractivity contribution in [3.63, 3.8) is 0 Å². The van der Waals surface area contributed by atoms with Gasteiger partial charge < -0.3 is 21.7 Å². The Kier molecular flexibility index (Phi) is 7.58. The first-order valence-corrected chi connectivity index (χ1v) is 9.96. The van der Waals surface area contributed by atoms with Crippen molar-refractivity contribution in [2.24, 2.45) is 11.7 Å². The zero-order chi connectivity index (χ0) is 19.0. The van der Waals surface area contributed by atoms with Crippen molar-refractivity contribution in [3.8, 4) is 0 Å². The van der Waals surface area contributed by atoms with Crippen LogP contribution in [0.15, 0.2) is 6.33 Å². The topological polar surface area (TPSA) is 101 Å². The Balaban J connectivity index is 1.67. The van der Waals surface area contributed by atoms with Crippen molar-refractivity contribution in [3.05, 3.63) is 6.33 Å². The Morgan fingerprint density at radius 2 is 1.58 bits per heavy atom. The molecule has 0 spiro atoms. The lowest BCUT2D eigenvalue weighted by Gasteiger charge is -2.46. The second-order valence-corrected chi connectivity index (χ2v) is 8.79. The average Bonchev–Trinajstić information content (AvgIpc) is 2.52. The van der Waals surface area contributed by atoms with E-state index in [1.165, 1.54) is 25.7 Å². The van der Waals surface area contributed by atoms with Gasteiger partial charge in [-0.05, 0) is 65.8 Å². The molecule has 1 aliphatic heterocycles. The lowest BCUT2D eigenvalue weighted by molar-refractivity contribution is 0.122. The molecule has 148 valence electrons. The summed E-state index contributed by atoms with van der Waals surface area (Å²) in [6.45, 7) is 11.6. The van der Waals surface area contributed by atoms with Gasteiger partial charge in [-0.2, -0.15) is 4.98 Å². The summed E-state index contributed by atoms with van der Waals surface area (Å²) in [6, 6.07) is 0. The number of aromatic nitrogens is 3. The molecule has 0 saturated carbocycles. The third kappa shape index (κ3) is 7.41. The van der Waals surface area contributed by atoms with Crippen LogP contribution in [-0.2, 0) is 0 Å². The molecule has 1 aromatic heterocycles. The lowest BCUT2D eigenvalue weighted by atomic mass is 9.74. The van der Waals surface area contributed by atoms with Crippen LogP contribution in [0.4, 0.5) is 11.9 Å². The van der Waals surface area contributed by atoms with Crippen LogP contribution in [0.25, 0.3) is 0 Å². The Morgan fingerprint density at radius 1 is 1.00 bits per heavy atom. The van der Waals surface area contributed by atoms with E-state index in [-0.39, 0.29) is 11.1 Å². The minimum Gasteiger partial charge on any atom is -0.354 e. The van der Waals surface area contributed by atoms with Gasteiger partial charge in [0.25, 0.3) is 0 Å². The van der Waals surface area contributed by atoms with E-state index in [1.54, 1.807) is 6.33 Å². The standard InChI is InChI=1S/C19H37N7/c1-18(2)12-15(13-19(3,4)26-18)8-5-6-10-21-16-23-14-24-17(25-16)22-11-7-9-20/h14-15,26H,5-13,20H2,1-4H3,(H2,21,22,23,24,25). The SMILES string of the molecule is CC1(C)CC(CCCCNc2ncnc(NCCCN)n2)CC(C)(C)N1. The van der Waals surface area contributed by atoms with Gasteiger partial charge in [0.05, 0.1) is 0 Å². The summed E-state index contributed by atoms with van der Waals surface area (Å²) in [6.07, 6.45) is 8.62. The molecule has 0 radical (unpaired) electrons. The highest BCUT2D eigenvalue weighted by atomic mass is 15.2. The highest BCUT2D eigenvalue weighted by Gasteiger charge is 2.36. The summed E-state index contributed by atoms with van der Waals surface area (Å²) in [5.41, 5.74) is 5.97. The average molecular weight is 364 g/mol. The Labute approximate surface area is 158 Å². The van der Waals surface area contributed by atoms with Crippen LogP contribution >= 0.6 is 0 Å². The second kappa shape index (κ2) is 9.46. The summed E-state index contributed by atoms with van der Waals surface area (Å²) in [4.78, 5) is 12.7. The van der Waals surface area contributed by atoms with E-state index < -0.39 is 0 Å². The maximum Gasteiger partial charge on any atom is 0.227 e. The number of nitrogens with two attached hydrogens (primary N) is 1. The van der Waals surface area contributed by atoms with Crippen molar-refractivity contribution >= 4 is 11.9 Å². The van der Waals surface area contributed by atoms with Gasteiger partial charge in [0.1, 0.15) is 6.33 Å². The lowest BCUT2D eigenvalue weighted by Crippen LogP contribution is -2.57. The number of nitrogens with one attached hydrogen (secondary N) is 3. The Hall–Kier alpha value is -1.47. The van der Waals surface area contributed by atoms with Gasteiger partial charge in [-0.3, -0.25) is 0 Å². The molecule has 7 nitrogen and oxygen atoms in total. The van der Waals surface area contributed by atoms with Gasteiger partial charge in [0.2, 0.25) is 11.9 Å². The molecule has 2 rings (SSSR count). The highest BCUT2D eigenvalue weighted by molar-refractivity contribution is 5.32. The minimum absolute atomic E-state index is 0.239. The molecular formula is C19H37N7.